The van der Waals surface area contributed by atoms with Crippen molar-refractivity contribution in [3.05, 3.63) is 22.2 Å². The second-order valence-corrected chi connectivity index (χ2v) is 5.35. The van der Waals surface area contributed by atoms with Gasteiger partial charge in [0.2, 0.25) is 6.79 Å². The molecule has 2 aliphatic heterocycles. The van der Waals surface area contributed by atoms with Gasteiger partial charge in [-0.2, -0.15) is 0 Å². The van der Waals surface area contributed by atoms with E-state index in [1.165, 1.54) is 4.90 Å². The number of rotatable bonds is 2. The lowest BCUT2D eigenvalue weighted by molar-refractivity contribution is -0.907. The van der Waals surface area contributed by atoms with Gasteiger partial charge in [0.1, 0.15) is 6.54 Å². The fraction of sp³-hybridized carbons (Fsp3) is 0.417. The standard InChI is InChI=1S/C12H13BrN2O3/c13-9-4-11-10(17-7-18-11)3-8(9)5-15-2-1-14-12(16)6-15/h3-4H,1-2,5-7H2,(H,14,16)/p+1. The Labute approximate surface area is 113 Å². The molecule has 1 aromatic carbocycles. The summed E-state index contributed by atoms with van der Waals surface area (Å²) in [5.74, 6) is 1.68. The highest BCUT2D eigenvalue weighted by molar-refractivity contribution is 9.10. The molecule has 1 amide bonds. The molecular weight excluding hydrogens is 300 g/mol. The van der Waals surface area contributed by atoms with Crippen molar-refractivity contribution >= 4 is 21.8 Å². The molecule has 2 N–H and O–H groups in total. The first-order valence-electron chi connectivity index (χ1n) is 5.90. The summed E-state index contributed by atoms with van der Waals surface area (Å²) >= 11 is 3.54. The number of benzene rings is 1. The van der Waals surface area contributed by atoms with Crippen molar-refractivity contribution in [3.63, 3.8) is 0 Å². The number of carbonyl (C=O) groups excluding carboxylic acids is 1. The second-order valence-electron chi connectivity index (χ2n) is 4.50. The van der Waals surface area contributed by atoms with E-state index in [2.05, 4.69) is 21.2 Å². The highest BCUT2D eigenvalue weighted by Gasteiger charge is 2.23. The zero-order chi connectivity index (χ0) is 12.5. The van der Waals surface area contributed by atoms with E-state index in [1.807, 2.05) is 12.1 Å². The predicted octanol–water partition coefficient (Wildman–Crippen LogP) is -0.308. The molecule has 96 valence electrons. The zero-order valence-electron chi connectivity index (χ0n) is 9.79. The first-order chi connectivity index (χ1) is 8.72. The molecule has 0 aliphatic carbocycles. The lowest BCUT2D eigenvalue weighted by atomic mass is 10.1. The van der Waals surface area contributed by atoms with Crippen LogP contribution in [0.3, 0.4) is 0 Å². The Balaban J connectivity index is 1.78. The highest BCUT2D eigenvalue weighted by atomic mass is 79.9. The Morgan fingerprint density at radius 2 is 2.11 bits per heavy atom. The lowest BCUT2D eigenvalue weighted by Crippen LogP contribution is -3.14. The Morgan fingerprint density at radius 3 is 2.89 bits per heavy atom. The summed E-state index contributed by atoms with van der Waals surface area (Å²) in [6, 6.07) is 3.92. The first-order valence-corrected chi connectivity index (χ1v) is 6.70. The number of hydrogen-bond acceptors (Lipinski definition) is 3. The van der Waals surface area contributed by atoms with Gasteiger partial charge in [-0.3, -0.25) is 4.79 Å². The van der Waals surface area contributed by atoms with Crippen LogP contribution in [-0.4, -0.2) is 32.3 Å². The molecule has 18 heavy (non-hydrogen) atoms. The van der Waals surface area contributed by atoms with E-state index in [9.17, 15) is 4.79 Å². The maximum Gasteiger partial charge on any atom is 0.275 e. The Bertz CT molecular complexity index is 492. The summed E-state index contributed by atoms with van der Waals surface area (Å²) in [6.07, 6.45) is 0. The lowest BCUT2D eigenvalue weighted by Gasteiger charge is -2.24. The first kappa shape index (κ1) is 11.8. The van der Waals surface area contributed by atoms with Gasteiger partial charge >= 0.3 is 0 Å². The van der Waals surface area contributed by atoms with Crippen LogP contribution in [0.4, 0.5) is 0 Å². The molecule has 5 nitrogen and oxygen atoms in total. The number of ether oxygens (including phenoxy) is 2. The normalized spacial score (nSPS) is 21.8. The summed E-state index contributed by atoms with van der Waals surface area (Å²) in [4.78, 5) is 12.6. The summed E-state index contributed by atoms with van der Waals surface area (Å²) in [5, 5.41) is 2.84. The molecule has 2 aliphatic rings. The van der Waals surface area contributed by atoms with Crippen LogP contribution in [0.5, 0.6) is 11.5 Å². The number of hydrogen-bond donors (Lipinski definition) is 2. The van der Waals surface area contributed by atoms with Gasteiger partial charge in [-0.15, -0.1) is 0 Å². The molecule has 6 heteroatoms. The zero-order valence-corrected chi connectivity index (χ0v) is 11.4. The Hall–Kier alpha value is -1.27. The number of fused-ring (bicyclic) bond motifs is 1. The van der Waals surface area contributed by atoms with Crippen LogP contribution < -0.4 is 19.7 Å². The SMILES string of the molecule is O=C1C[NH+](Cc2cc3c(cc2Br)OCO3)CCN1. The molecule has 0 bridgehead atoms. The van der Waals surface area contributed by atoms with E-state index in [0.717, 1.165) is 41.2 Å². The van der Waals surface area contributed by atoms with Crippen LogP contribution >= 0.6 is 15.9 Å². The van der Waals surface area contributed by atoms with Gasteiger partial charge in [0.25, 0.3) is 5.91 Å². The highest BCUT2D eigenvalue weighted by Crippen LogP contribution is 2.36. The van der Waals surface area contributed by atoms with Crippen molar-refractivity contribution in [2.75, 3.05) is 26.4 Å². The second kappa shape index (κ2) is 4.78. The fourth-order valence-corrected chi connectivity index (χ4v) is 2.73. The molecule has 2 heterocycles. The Kier molecular flexibility index (Phi) is 3.13. The van der Waals surface area contributed by atoms with Crippen molar-refractivity contribution < 1.29 is 19.2 Å². The number of quaternary nitrogens is 1. The quantitative estimate of drug-likeness (QED) is 0.788. The number of halogens is 1. The van der Waals surface area contributed by atoms with Gasteiger partial charge in [0.15, 0.2) is 18.0 Å². The van der Waals surface area contributed by atoms with Crippen LogP contribution in [-0.2, 0) is 11.3 Å². The number of nitrogens with one attached hydrogen (secondary N) is 2. The van der Waals surface area contributed by atoms with Gasteiger partial charge < -0.3 is 19.7 Å². The smallest absolute Gasteiger partial charge is 0.275 e. The fourth-order valence-electron chi connectivity index (χ4n) is 2.27. The minimum Gasteiger partial charge on any atom is -0.454 e. The van der Waals surface area contributed by atoms with E-state index in [0.29, 0.717) is 6.54 Å². The molecule has 1 atom stereocenters. The van der Waals surface area contributed by atoms with E-state index in [4.69, 9.17) is 9.47 Å². The van der Waals surface area contributed by atoms with Crippen LogP contribution in [0.15, 0.2) is 16.6 Å². The predicted molar refractivity (Wildman–Crippen MR) is 67.7 cm³/mol. The van der Waals surface area contributed by atoms with Crippen molar-refractivity contribution in [1.29, 1.82) is 0 Å². The molecule has 0 spiro atoms. The van der Waals surface area contributed by atoms with Crippen LogP contribution in [0.25, 0.3) is 0 Å². The molecule has 0 saturated carbocycles. The van der Waals surface area contributed by atoms with Gasteiger partial charge in [-0.05, 0) is 12.1 Å². The van der Waals surface area contributed by atoms with Gasteiger partial charge in [0.05, 0.1) is 13.1 Å². The summed E-state index contributed by atoms with van der Waals surface area (Å²) in [7, 11) is 0. The van der Waals surface area contributed by atoms with Crippen molar-refractivity contribution in [2.24, 2.45) is 0 Å². The van der Waals surface area contributed by atoms with Crippen LogP contribution in [0.1, 0.15) is 5.56 Å². The Morgan fingerprint density at radius 1 is 1.33 bits per heavy atom. The van der Waals surface area contributed by atoms with Crippen molar-refractivity contribution in [1.82, 2.24) is 5.32 Å². The van der Waals surface area contributed by atoms with Crippen molar-refractivity contribution in [3.8, 4) is 11.5 Å². The van der Waals surface area contributed by atoms with Gasteiger partial charge in [0, 0.05) is 10.0 Å². The average Bonchev–Trinajstić information content (AvgIpc) is 2.76. The van der Waals surface area contributed by atoms with E-state index in [1.54, 1.807) is 0 Å². The molecule has 0 radical (unpaired) electrons. The molecule has 0 aromatic heterocycles. The molecular formula is C12H14BrN2O3+. The average molecular weight is 314 g/mol. The van der Waals surface area contributed by atoms with E-state index in [-0.39, 0.29) is 12.7 Å². The monoisotopic (exact) mass is 313 g/mol. The summed E-state index contributed by atoms with van der Waals surface area (Å²) in [5.41, 5.74) is 1.14. The molecule has 3 rings (SSSR count). The number of amides is 1. The molecule has 1 unspecified atom stereocenters. The maximum atomic E-state index is 11.3. The third kappa shape index (κ3) is 2.30. The third-order valence-electron chi connectivity index (χ3n) is 3.19. The maximum absolute atomic E-state index is 11.3. The third-order valence-corrected chi connectivity index (χ3v) is 3.93. The molecule has 1 fully saturated rings. The molecule has 1 saturated heterocycles. The van der Waals surface area contributed by atoms with Gasteiger partial charge in [-0.1, -0.05) is 15.9 Å². The summed E-state index contributed by atoms with van der Waals surface area (Å²) in [6.45, 7) is 3.32. The van der Waals surface area contributed by atoms with Crippen LogP contribution in [0.2, 0.25) is 0 Å². The summed E-state index contributed by atoms with van der Waals surface area (Å²) < 4.78 is 11.7. The van der Waals surface area contributed by atoms with E-state index >= 15 is 0 Å². The number of piperazine rings is 1. The van der Waals surface area contributed by atoms with Crippen molar-refractivity contribution in [2.45, 2.75) is 6.54 Å². The van der Waals surface area contributed by atoms with E-state index < -0.39 is 0 Å². The molecule has 1 aromatic rings. The number of carbonyl (C=O) groups is 1. The minimum atomic E-state index is 0.119. The largest absolute Gasteiger partial charge is 0.454 e. The van der Waals surface area contributed by atoms with Crippen LogP contribution in [0, 0.1) is 0 Å². The van der Waals surface area contributed by atoms with Gasteiger partial charge in [-0.25, -0.2) is 0 Å². The minimum absolute atomic E-state index is 0.119. The topological polar surface area (TPSA) is 52.0 Å².